The first-order valence-electron chi connectivity index (χ1n) is 11.4. The lowest BCUT2D eigenvalue weighted by atomic mass is 10.0. The van der Waals surface area contributed by atoms with E-state index in [4.69, 9.17) is 5.53 Å². The van der Waals surface area contributed by atoms with E-state index in [1.807, 2.05) is 0 Å². The highest BCUT2D eigenvalue weighted by molar-refractivity contribution is 5.88. The predicted molar refractivity (Wildman–Crippen MR) is 133 cm³/mol. The Labute approximate surface area is 206 Å². The van der Waals surface area contributed by atoms with Crippen LogP contribution in [-0.2, 0) is 4.79 Å². The summed E-state index contributed by atoms with van der Waals surface area (Å²) >= 11 is 0. The third kappa shape index (κ3) is 4.95. The van der Waals surface area contributed by atoms with Crippen LogP contribution in [0.25, 0.3) is 16.8 Å². The molecule has 1 saturated heterocycles. The molecule has 190 valence electrons. The molecule has 0 spiro atoms. The Hall–Kier alpha value is -4.16. The molecular formula is C23H28F2N10O. The molecule has 0 saturated carbocycles. The zero-order chi connectivity index (χ0) is 26.0. The number of pyridine rings is 1. The van der Waals surface area contributed by atoms with Gasteiger partial charge in [-0.3, -0.25) is 4.79 Å². The van der Waals surface area contributed by atoms with Gasteiger partial charge in [-0.2, -0.15) is 10.1 Å². The van der Waals surface area contributed by atoms with E-state index in [0.717, 1.165) is 0 Å². The van der Waals surface area contributed by atoms with Crippen LogP contribution in [0.2, 0.25) is 0 Å². The van der Waals surface area contributed by atoms with E-state index in [1.165, 1.54) is 11.8 Å². The highest BCUT2D eigenvalue weighted by Crippen LogP contribution is 2.33. The minimum atomic E-state index is -1.55. The van der Waals surface area contributed by atoms with Crippen molar-refractivity contribution in [1.29, 1.82) is 5.53 Å². The zero-order valence-electron chi connectivity index (χ0n) is 20.2. The number of aromatic nitrogens is 4. The number of rotatable bonds is 8. The molecule has 1 amide bonds. The molecule has 1 fully saturated rings. The fourth-order valence-corrected chi connectivity index (χ4v) is 4.03. The number of anilines is 3. The van der Waals surface area contributed by atoms with Gasteiger partial charge in [0.05, 0.1) is 18.3 Å². The van der Waals surface area contributed by atoms with Crippen LogP contribution < -0.4 is 16.0 Å². The number of carbonyl (C=O) groups is 1. The molecule has 3 aromatic rings. The largest absolute Gasteiger partial charge is 0.371 e. The van der Waals surface area contributed by atoms with Crippen LogP contribution in [0.15, 0.2) is 41.7 Å². The quantitative estimate of drug-likeness (QED) is 0.208. The van der Waals surface area contributed by atoms with Crippen LogP contribution in [0.5, 0.6) is 0 Å². The van der Waals surface area contributed by atoms with E-state index in [2.05, 4.69) is 42.7 Å². The van der Waals surface area contributed by atoms with Crippen LogP contribution >= 0.6 is 0 Å². The predicted octanol–water partition coefficient (Wildman–Crippen LogP) is 4.15. The van der Waals surface area contributed by atoms with E-state index in [9.17, 15) is 13.6 Å². The normalized spacial score (nSPS) is 18.5. The van der Waals surface area contributed by atoms with Crippen molar-refractivity contribution in [1.82, 2.24) is 24.5 Å². The third-order valence-electron chi connectivity index (χ3n) is 6.02. The Morgan fingerprint density at radius 2 is 2.06 bits per heavy atom. The number of hydrogen-bond acceptors (Lipinski definition) is 9. The summed E-state index contributed by atoms with van der Waals surface area (Å²) < 4.78 is 30.6. The maximum Gasteiger partial charge on any atom is 0.243 e. The van der Waals surface area contributed by atoms with Crippen LogP contribution in [0.3, 0.4) is 0 Å². The van der Waals surface area contributed by atoms with Crippen molar-refractivity contribution in [2.24, 2.45) is 5.11 Å². The number of nitrogens with one attached hydrogen (secondary N) is 4. The molecule has 36 heavy (non-hydrogen) atoms. The van der Waals surface area contributed by atoms with Gasteiger partial charge in [0, 0.05) is 32.3 Å². The zero-order valence-corrected chi connectivity index (χ0v) is 20.2. The summed E-state index contributed by atoms with van der Waals surface area (Å²) in [5, 5.41) is 16.6. The summed E-state index contributed by atoms with van der Waals surface area (Å²) in [6.07, 6.45) is -0.659. The van der Waals surface area contributed by atoms with Gasteiger partial charge in [-0.25, -0.2) is 23.8 Å². The summed E-state index contributed by atoms with van der Waals surface area (Å²) in [5.41, 5.74) is 9.57. The van der Waals surface area contributed by atoms with Crippen LogP contribution in [-0.4, -0.2) is 69.0 Å². The van der Waals surface area contributed by atoms with Gasteiger partial charge < -0.3 is 20.9 Å². The monoisotopic (exact) mass is 498 g/mol. The van der Waals surface area contributed by atoms with Gasteiger partial charge in [-0.1, -0.05) is 6.58 Å². The van der Waals surface area contributed by atoms with E-state index < -0.39 is 18.5 Å². The molecule has 1 aliphatic rings. The lowest BCUT2D eigenvalue weighted by Crippen LogP contribution is -2.49. The summed E-state index contributed by atoms with van der Waals surface area (Å²) in [6.45, 7) is 7.04. The maximum absolute atomic E-state index is 14.7. The number of hydrogen-bond donors (Lipinski definition) is 4. The molecule has 0 bridgehead atoms. The van der Waals surface area contributed by atoms with Gasteiger partial charge in [0.25, 0.3) is 0 Å². The lowest BCUT2D eigenvalue weighted by molar-refractivity contribution is -0.131. The Morgan fingerprint density at radius 3 is 2.69 bits per heavy atom. The number of halogens is 2. The van der Waals surface area contributed by atoms with E-state index in [1.54, 1.807) is 42.9 Å². The summed E-state index contributed by atoms with van der Waals surface area (Å²) in [6, 6.07) is 4.49. The number of fused-ring (bicyclic) bond motifs is 1. The van der Waals surface area contributed by atoms with Crippen molar-refractivity contribution >= 4 is 34.7 Å². The van der Waals surface area contributed by atoms with E-state index >= 15 is 0 Å². The highest BCUT2D eigenvalue weighted by Gasteiger charge is 2.31. The first kappa shape index (κ1) is 24.9. The SMILES string of the molecule is C=C(C)C(F)Nc1nc(-c2ccn3nc(N[C@H]4CCN(C(C)=O)C[C@H]4F)nc(NC)c23)ccc1N=N. The third-order valence-corrected chi connectivity index (χ3v) is 6.02. The van der Waals surface area contributed by atoms with Crippen molar-refractivity contribution in [3.8, 4) is 11.3 Å². The minimum Gasteiger partial charge on any atom is -0.371 e. The Morgan fingerprint density at radius 1 is 1.28 bits per heavy atom. The molecular weight excluding hydrogens is 470 g/mol. The van der Waals surface area contributed by atoms with Gasteiger partial charge in [-0.15, -0.1) is 5.10 Å². The molecule has 0 radical (unpaired) electrons. The molecule has 3 atom stereocenters. The number of alkyl halides is 2. The summed E-state index contributed by atoms with van der Waals surface area (Å²) in [4.78, 5) is 22.0. The average molecular weight is 499 g/mol. The number of nitrogens with zero attached hydrogens (tertiary/aromatic N) is 6. The van der Waals surface area contributed by atoms with Crippen molar-refractivity contribution in [2.75, 3.05) is 36.1 Å². The molecule has 3 aromatic heterocycles. The number of carbonyl (C=O) groups excluding carboxylic acids is 1. The fourth-order valence-electron chi connectivity index (χ4n) is 4.03. The van der Waals surface area contributed by atoms with E-state index in [0.29, 0.717) is 35.6 Å². The molecule has 4 N–H and O–H groups in total. The first-order chi connectivity index (χ1) is 17.2. The Bertz CT molecular complexity index is 1310. The molecule has 1 unspecified atom stereocenters. The average Bonchev–Trinajstić information content (AvgIpc) is 3.28. The molecule has 13 heteroatoms. The van der Waals surface area contributed by atoms with Crippen molar-refractivity contribution < 1.29 is 13.6 Å². The van der Waals surface area contributed by atoms with Crippen molar-refractivity contribution in [3.05, 3.63) is 36.5 Å². The second kappa shape index (κ2) is 10.2. The van der Waals surface area contributed by atoms with Crippen LogP contribution in [0.1, 0.15) is 20.3 Å². The van der Waals surface area contributed by atoms with Crippen molar-refractivity contribution in [2.45, 2.75) is 38.8 Å². The first-order valence-corrected chi connectivity index (χ1v) is 11.4. The summed E-state index contributed by atoms with van der Waals surface area (Å²) in [5.74, 6) is 0.663. The summed E-state index contributed by atoms with van der Waals surface area (Å²) in [7, 11) is 1.70. The number of amides is 1. The standard InChI is InChI=1S/C23H28F2N10O/c1-12(2)20(25)30-21-18(32-26)6-5-16(28-21)14-7-10-35-19(14)22(27-4)31-23(33-35)29-17-8-9-34(13(3)36)11-15(17)24/h5-7,10,15,17,20,26H,1,8-9,11H2,2-4H3,(H,28,30)(H2,27,29,31,33)/t15-,17+,20?/m1/s1. The Balaban J connectivity index is 1.65. The van der Waals surface area contributed by atoms with Gasteiger partial charge in [0.1, 0.15) is 17.4 Å². The minimum absolute atomic E-state index is 0.0234. The van der Waals surface area contributed by atoms with Crippen molar-refractivity contribution in [3.63, 3.8) is 0 Å². The van der Waals surface area contributed by atoms with Gasteiger partial charge >= 0.3 is 0 Å². The molecule has 11 nitrogen and oxygen atoms in total. The highest BCUT2D eigenvalue weighted by atomic mass is 19.1. The topological polar surface area (TPSA) is 136 Å². The van der Waals surface area contributed by atoms with Gasteiger partial charge in [-0.05, 0) is 37.1 Å². The van der Waals surface area contributed by atoms with E-state index in [-0.39, 0.29) is 35.5 Å². The maximum atomic E-state index is 14.7. The van der Waals surface area contributed by atoms with Gasteiger partial charge in [0.15, 0.2) is 17.9 Å². The second-order valence-corrected chi connectivity index (χ2v) is 8.61. The fraction of sp³-hybridized carbons (Fsp3) is 0.391. The lowest BCUT2D eigenvalue weighted by Gasteiger charge is -2.34. The molecule has 4 heterocycles. The molecule has 1 aliphatic heterocycles. The smallest absolute Gasteiger partial charge is 0.243 e. The Kier molecular flexibility index (Phi) is 7.08. The molecule has 4 rings (SSSR count). The second-order valence-electron chi connectivity index (χ2n) is 8.61. The number of likely N-dealkylation sites (tertiary alicyclic amines) is 1. The van der Waals surface area contributed by atoms with Gasteiger partial charge in [0.2, 0.25) is 11.9 Å². The van der Waals surface area contributed by atoms with Crippen LogP contribution in [0, 0.1) is 5.53 Å². The number of piperidine rings is 1. The molecule has 0 aliphatic carbocycles. The molecule has 0 aromatic carbocycles. The van der Waals surface area contributed by atoms with Crippen LogP contribution in [0.4, 0.5) is 32.1 Å².